The van der Waals surface area contributed by atoms with Gasteiger partial charge >= 0.3 is 0 Å². The quantitative estimate of drug-likeness (QED) is 0.723. The van der Waals surface area contributed by atoms with Gasteiger partial charge in [-0.15, -0.1) is 0 Å². The van der Waals surface area contributed by atoms with Crippen molar-refractivity contribution in [3.63, 3.8) is 0 Å². The summed E-state index contributed by atoms with van der Waals surface area (Å²) >= 11 is 3.58. The summed E-state index contributed by atoms with van der Waals surface area (Å²) in [6.45, 7) is 10.1. The molecule has 1 aliphatic carbocycles. The summed E-state index contributed by atoms with van der Waals surface area (Å²) in [6.07, 6.45) is 5.66. The highest BCUT2D eigenvalue weighted by Gasteiger charge is 2.38. The highest BCUT2D eigenvalue weighted by molar-refractivity contribution is 9.10. The van der Waals surface area contributed by atoms with Crippen LogP contribution < -0.4 is 10.9 Å². The van der Waals surface area contributed by atoms with Crippen molar-refractivity contribution in [2.75, 3.05) is 32.7 Å². The molecule has 5 nitrogen and oxygen atoms in total. The topological polar surface area (TPSA) is 47.6 Å². The van der Waals surface area contributed by atoms with Gasteiger partial charge in [0, 0.05) is 44.8 Å². The molecule has 2 aliphatic heterocycles. The molecule has 6 heteroatoms. The Kier molecular flexibility index (Phi) is 5.99. The molecule has 1 amide bonds. The Morgan fingerprint density at radius 2 is 2.00 bits per heavy atom. The molecule has 0 aromatic rings. The summed E-state index contributed by atoms with van der Waals surface area (Å²) in [5, 5.41) is 0. The number of halogens is 1. The van der Waals surface area contributed by atoms with Crippen molar-refractivity contribution < 1.29 is 4.79 Å². The van der Waals surface area contributed by atoms with Crippen molar-refractivity contribution in [1.29, 1.82) is 0 Å². The highest BCUT2D eigenvalue weighted by atomic mass is 79.9. The van der Waals surface area contributed by atoms with Gasteiger partial charge < -0.3 is 4.90 Å². The van der Waals surface area contributed by atoms with Crippen LogP contribution in [0, 0.1) is 11.8 Å². The van der Waals surface area contributed by atoms with Crippen LogP contribution in [0.1, 0.15) is 39.5 Å². The molecular formula is C17H31BrN4O. The van der Waals surface area contributed by atoms with E-state index < -0.39 is 0 Å². The van der Waals surface area contributed by atoms with Crippen LogP contribution in [0.2, 0.25) is 0 Å². The molecule has 0 aromatic heterocycles. The first-order chi connectivity index (χ1) is 11.1. The first kappa shape index (κ1) is 17.6. The zero-order chi connectivity index (χ0) is 16.4. The van der Waals surface area contributed by atoms with Crippen molar-refractivity contribution >= 4 is 21.8 Å². The molecule has 0 radical (unpaired) electrons. The maximum Gasteiger partial charge on any atom is 0.249 e. The van der Waals surface area contributed by atoms with E-state index in [9.17, 15) is 4.79 Å². The second-order valence-corrected chi connectivity index (χ2v) is 8.69. The van der Waals surface area contributed by atoms with E-state index in [1.165, 1.54) is 32.2 Å². The maximum absolute atomic E-state index is 11.9. The van der Waals surface area contributed by atoms with Crippen LogP contribution in [-0.2, 0) is 4.79 Å². The Labute approximate surface area is 148 Å². The number of hydrogen-bond acceptors (Lipinski definition) is 4. The number of nitrogens with one attached hydrogen (secondary N) is 2. The average Bonchev–Trinajstić information content (AvgIpc) is 2.53. The Balaban J connectivity index is 1.53. The number of hydrazine groups is 1. The molecule has 3 fully saturated rings. The molecule has 0 aromatic carbocycles. The van der Waals surface area contributed by atoms with E-state index >= 15 is 0 Å². The fourth-order valence-electron chi connectivity index (χ4n) is 4.58. The van der Waals surface area contributed by atoms with E-state index in [1.807, 2.05) is 0 Å². The molecule has 23 heavy (non-hydrogen) atoms. The van der Waals surface area contributed by atoms with Crippen LogP contribution >= 0.6 is 15.9 Å². The molecule has 132 valence electrons. The molecule has 3 rings (SSSR count). The fraction of sp³-hybridized carbons (Fsp3) is 0.941. The van der Waals surface area contributed by atoms with E-state index in [4.69, 9.17) is 0 Å². The smallest absolute Gasteiger partial charge is 0.249 e. The first-order valence-electron chi connectivity index (χ1n) is 9.21. The van der Waals surface area contributed by atoms with Gasteiger partial charge in [-0.2, -0.15) is 0 Å². The van der Waals surface area contributed by atoms with Crippen molar-refractivity contribution in [3.8, 4) is 0 Å². The molecule has 2 saturated heterocycles. The lowest BCUT2D eigenvalue weighted by molar-refractivity contribution is -0.125. The van der Waals surface area contributed by atoms with Crippen LogP contribution in [0.4, 0.5) is 0 Å². The van der Waals surface area contributed by atoms with Crippen LogP contribution in [-0.4, -0.2) is 65.3 Å². The summed E-state index contributed by atoms with van der Waals surface area (Å²) in [7, 11) is 0. The molecular weight excluding hydrogens is 356 g/mol. The second kappa shape index (κ2) is 7.81. The Hall–Kier alpha value is -0.170. The monoisotopic (exact) mass is 386 g/mol. The van der Waals surface area contributed by atoms with Gasteiger partial charge in [0.15, 0.2) is 0 Å². The SMILES string of the molecule is CC1CCCCC1CN1CCN(C2CNNC(=O)C2Br)[C@@H](C)C1. The first-order valence-corrected chi connectivity index (χ1v) is 10.1. The Bertz CT molecular complexity index is 421. The third-order valence-corrected chi connectivity index (χ3v) is 7.11. The summed E-state index contributed by atoms with van der Waals surface area (Å²) in [4.78, 5) is 16.9. The lowest BCUT2D eigenvalue weighted by Gasteiger charge is -2.47. The van der Waals surface area contributed by atoms with Gasteiger partial charge in [0.2, 0.25) is 5.91 Å². The summed E-state index contributed by atoms with van der Waals surface area (Å²) in [6, 6.07) is 0.745. The van der Waals surface area contributed by atoms with E-state index in [0.717, 1.165) is 38.0 Å². The number of amides is 1. The average molecular weight is 387 g/mol. The maximum atomic E-state index is 11.9. The number of rotatable bonds is 3. The number of hydrogen-bond donors (Lipinski definition) is 2. The lowest BCUT2D eigenvalue weighted by Crippen LogP contribution is -2.66. The summed E-state index contributed by atoms with van der Waals surface area (Å²) in [5.74, 6) is 1.82. The predicted octanol–water partition coefficient (Wildman–Crippen LogP) is 1.59. The molecule has 2 N–H and O–H groups in total. The van der Waals surface area contributed by atoms with E-state index in [1.54, 1.807) is 0 Å². The van der Waals surface area contributed by atoms with E-state index in [2.05, 4.69) is 50.4 Å². The minimum atomic E-state index is -0.115. The van der Waals surface area contributed by atoms with Gasteiger partial charge in [-0.05, 0) is 25.2 Å². The highest BCUT2D eigenvalue weighted by Crippen LogP contribution is 2.31. The molecule has 5 atom stereocenters. The van der Waals surface area contributed by atoms with Crippen molar-refractivity contribution in [2.24, 2.45) is 11.8 Å². The minimum absolute atomic E-state index is 0.0481. The van der Waals surface area contributed by atoms with Crippen LogP contribution in [0.15, 0.2) is 0 Å². The minimum Gasteiger partial charge on any atom is -0.300 e. The van der Waals surface area contributed by atoms with Crippen LogP contribution in [0.5, 0.6) is 0 Å². The molecule has 3 aliphatic rings. The largest absolute Gasteiger partial charge is 0.300 e. The zero-order valence-electron chi connectivity index (χ0n) is 14.4. The van der Waals surface area contributed by atoms with Crippen molar-refractivity contribution in [3.05, 3.63) is 0 Å². The number of piperazine rings is 1. The Morgan fingerprint density at radius 3 is 2.74 bits per heavy atom. The molecule has 1 saturated carbocycles. The number of carbonyl (C=O) groups excluding carboxylic acids is 1. The van der Waals surface area contributed by atoms with E-state index in [-0.39, 0.29) is 16.8 Å². The third-order valence-electron chi connectivity index (χ3n) is 6.08. The standard InChI is InChI=1S/C17H31BrN4O/c1-12-5-3-4-6-14(12)11-21-7-8-22(13(2)10-21)15-9-19-20-17(23)16(15)18/h12-16,19H,3-11H2,1-2H3,(H,20,23)/t12?,13-,14?,15?,16?/m0/s1. The fourth-order valence-corrected chi connectivity index (χ4v) is 5.18. The predicted molar refractivity (Wildman–Crippen MR) is 96.4 cm³/mol. The van der Waals surface area contributed by atoms with E-state index in [0.29, 0.717) is 6.04 Å². The molecule has 4 unspecified atom stereocenters. The van der Waals surface area contributed by atoms with Gasteiger partial charge in [0.1, 0.15) is 4.83 Å². The van der Waals surface area contributed by atoms with Gasteiger partial charge in [-0.3, -0.25) is 15.1 Å². The van der Waals surface area contributed by atoms with Crippen molar-refractivity contribution in [1.82, 2.24) is 20.7 Å². The molecule has 0 bridgehead atoms. The number of nitrogens with zero attached hydrogens (tertiary/aromatic N) is 2. The zero-order valence-corrected chi connectivity index (χ0v) is 16.0. The van der Waals surface area contributed by atoms with Crippen LogP contribution in [0.25, 0.3) is 0 Å². The van der Waals surface area contributed by atoms with Gasteiger partial charge in [-0.1, -0.05) is 42.1 Å². The van der Waals surface area contributed by atoms with Gasteiger partial charge in [0.05, 0.1) is 0 Å². The van der Waals surface area contributed by atoms with Crippen molar-refractivity contribution in [2.45, 2.75) is 56.4 Å². The van der Waals surface area contributed by atoms with Gasteiger partial charge in [0.25, 0.3) is 0 Å². The number of carbonyl (C=O) groups is 1. The molecule has 0 spiro atoms. The molecule has 2 heterocycles. The second-order valence-electron chi connectivity index (χ2n) is 7.71. The van der Waals surface area contributed by atoms with Crippen LogP contribution in [0.3, 0.4) is 0 Å². The Morgan fingerprint density at radius 1 is 1.22 bits per heavy atom. The normalized spacial score (nSPS) is 40.8. The number of alkyl halides is 1. The lowest BCUT2D eigenvalue weighted by atomic mass is 9.80. The summed E-state index contributed by atoms with van der Waals surface area (Å²) < 4.78 is 0. The third kappa shape index (κ3) is 4.09. The van der Waals surface area contributed by atoms with Gasteiger partial charge in [-0.25, -0.2) is 5.43 Å². The summed E-state index contributed by atoms with van der Waals surface area (Å²) in [5.41, 5.74) is 5.74.